The predicted molar refractivity (Wildman–Crippen MR) is 113 cm³/mol. The van der Waals surface area contributed by atoms with Gasteiger partial charge in [0, 0.05) is 4.88 Å². The molecule has 0 saturated carbocycles. The lowest BCUT2D eigenvalue weighted by Crippen LogP contribution is -2.30. The van der Waals surface area contributed by atoms with Crippen LogP contribution in [0.4, 0.5) is 5.00 Å². The van der Waals surface area contributed by atoms with Gasteiger partial charge in [-0.2, -0.15) is 0 Å². The number of nitrogens with one attached hydrogen (secondary N) is 1. The molecule has 0 radical (unpaired) electrons. The number of hydrogen-bond donors (Lipinski definition) is 1. The van der Waals surface area contributed by atoms with Gasteiger partial charge in [0.05, 0.1) is 19.3 Å². The van der Waals surface area contributed by atoms with Gasteiger partial charge in [-0.15, -0.1) is 11.3 Å². The Labute approximate surface area is 175 Å². The minimum Gasteiger partial charge on any atom is -0.497 e. The summed E-state index contributed by atoms with van der Waals surface area (Å²) in [6, 6.07) is 7.04. The summed E-state index contributed by atoms with van der Waals surface area (Å²) in [5.41, 5.74) is 1.52. The van der Waals surface area contributed by atoms with Gasteiger partial charge in [0.25, 0.3) is 5.91 Å². The minimum absolute atomic E-state index is 0.296. The van der Waals surface area contributed by atoms with Gasteiger partial charge in [-0.1, -0.05) is 6.92 Å². The second-order valence-electron chi connectivity index (χ2n) is 7.20. The van der Waals surface area contributed by atoms with Gasteiger partial charge in [-0.05, 0) is 68.9 Å². The largest absolute Gasteiger partial charge is 0.497 e. The van der Waals surface area contributed by atoms with Crippen LogP contribution >= 0.6 is 11.3 Å². The van der Waals surface area contributed by atoms with Crippen LogP contribution in [0.15, 0.2) is 24.3 Å². The minimum atomic E-state index is -0.725. The molecule has 0 unspecified atom stereocenters. The molecule has 1 aliphatic rings. The SMILES string of the molecule is CCOC(=O)c1c(NC(=O)[C@@H](C)Oc2ccc(OC)cc2)sc2c1CC[C@@H](C)C2. The molecule has 2 atom stereocenters. The summed E-state index contributed by atoms with van der Waals surface area (Å²) in [6.45, 7) is 5.96. The van der Waals surface area contributed by atoms with E-state index in [2.05, 4.69) is 12.2 Å². The molecule has 1 aromatic carbocycles. The number of thiophene rings is 1. The first-order valence-electron chi connectivity index (χ1n) is 9.86. The third kappa shape index (κ3) is 4.90. The number of fused-ring (bicyclic) bond motifs is 1. The van der Waals surface area contributed by atoms with Gasteiger partial charge in [-0.25, -0.2) is 4.79 Å². The number of amides is 1. The van der Waals surface area contributed by atoms with Crippen molar-refractivity contribution < 1.29 is 23.8 Å². The van der Waals surface area contributed by atoms with Gasteiger partial charge in [0.15, 0.2) is 6.10 Å². The van der Waals surface area contributed by atoms with Crippen molar-refractivity contribution in [3.05, 3.63) is 40.3 Å². The predicted octanol–water partition coefficient (Wildman–Crippen LogP) is 4.46. The van der Waals surface area contributed by atoms with Gasteiger partial charge >= 0.3 is 5.97 Å². The number of anilines is 1. The highest BCUT2D eigenvalue weighted by molar-refractivity contribution is 7.17. The zero-order chi connectivity index (χ0) is 21.0. The summed E-state index contributed by atoms with van der Waals surface area (Å²) in [6.07, 6.45) is 2.05. The van der Waals surface area contributed by atoms with E-state index >= 15 is 0 Å². The average Bonchev–Trinajstić information content (AvgIpc) is 3.05. The van der Waals surface area contributed by atoms with Crippen LogP contribution in [0.5, 0.6) is 11.5 Å². The molecule has 1 aliphatic carbocycles. The van der Waals surface area contributed by atoms with Crippen molar-refractivity contribution in [2.75, 3.05) is 19.0 Å². The molecule has 1 N–H and O–H groups in total. The Hall–Kier alpha value is -2.54. The highest BCUT2D eigenvalue weighted by Crippen LogP contribution is 2.40. The monoisotopic (exact) mass is 417 g/mol. The Balaban J connectivity index is 1.77. The number of benzene rings is 1. The van der Waals surface area contributed by atoms with E-state index in [9.17, 15) is 9.59 Å². The number of ether oxygens (including phenoxy) is 3. The summed E-state index contributed by atoms with van der Waals surface area (Å²) in [4.78, 5) is 26.5. The summed E-state index contributed by atoms with van der Waals surface area (Å²) < 4.78 is 16.1. The molecular formula is C22H27NO5S. The molecule has 0 aliphatic heterocycles. The smallest absolute Gasteiger partial charge is 0.341 e. The Morgan fingerprint density at radius 2 is 1.93 bits per heavy atom. The standard InChI is InChI=1S/C22H27NO5S/c1-5-27-22(25)19-17-11-6-13(2)12-18(17)29-21(19)23-20(24)14(3)28-16-9-7-15(26-4)8-10-16/h7-10,13-14H,5-6,11-12H2,1-4H3,(H,23,24)/t13-,14-/m1/s1. The van der Waals surface area contributed by atoms with Crippen LogP contribution in [0.3, 0.4) is 0 Å². The van der Waals surface area contributed by atoms with Crippen molar-refractivity contribution in [1.29, 1.82) is 0 Å². The topological polar surface area (TPSA) is 73.9 Å². The van der Waals surface area contributed by atoms with Gasteiger partial charge in [0.2, 0.25) is 0 Å². The molecule has 0 saturated heterocycles. The first-order chi connectivity index (χ1) is 13.9. The van der Waals surface area contributed by atoms with Crippen LogP contribution in [0.25, 0.3) is 0 Å². The van der Waals surface area contributed by atoms with Crippen LogP contribution in [0.2, 0.25) is 0 Å². The van der Waals surface area contributed by atoms with Crippen molar-refractivity contribution in [2.24, 2.45) is 5.92 Å². The number of carbonyl (C=O) groups is 2. The molecule has 0 fully saturated rings. The van der Waals surface area contributed by atoms with E-state index in [0.717, 1.165) is 29.7 Å². The highest BCUT2D eigenvalue weighted by atomic mass is 32.1. The molecule has 29 heavy (non-hydrogen) atoms. The van der Waals surface area contributed by atoms with E-state index in [4.69, 9.17) is 14.2 Å². The molecule has 0 bridgehead atoms. The maximum Gasteiger partial charge on any atom is 0.341 e. The van der Waals surface area contributed by atoms with E-state index in [1.165, 1.54) is 11.3 Å². The number of esters is 1. The zero-order valence-electron chi connectivity index (χ0n) is 17.2. The lowest BCUT2D eigenvalue weighted by molar-refractivity contribution is -0.122. The summed E-state index contributed by atoms with van der Waals surface area (Å²) in [5, 5.41) is 3.45. The molecule has 2 aromatic rings. The van der Waals surface area contributed by atoms with Gasteiger partial charge in [-0.3, -0.25) is 4.79 Å². The number of methoxy groups -OCH3 is 1. The molecule has 6 nitrogen and oxygen atoms in total. The summed E-state index contributed by atoms with van der Waals surface area (Å²) >= 11 is 1.47. The van der Waals surface area contributed by atoms with Crippen LogP contribution in [0.1, 0.15) is 48.0 Å². The normalized spacial score (nSPS) is 16.5. The fourth-order valence-corrected chi connectivity index (χ4v) is 4.79. The third-order valence-electron chi connectivity index (χ3n) is 4.97. The van der Waals surface area contributed by atoms with E-state index in [0.29, 0.717) is 34.6 Å². The van der Waals surface area contributed by atoms with E-state index in [1.807, 2.05) is 0 Å². The fourth-order valence-electron chi connectivity index (χ4n) is 3.38. The van der Waals surface area contributed by atoms with Crippen molar-refractivity contribution >= 4 is 28.2 Å². The van der Waals surface area contributed by atoms with E-state index in [1.54, 1.807) is 45.2 Å². The lowest BCUT2D eigenvalue weighted by atomic mass is 9.88. The molecule has 1 aromatic heterocycles. The molecule has 1 amide bonds. The van der Waals surface area contributed by atoms with Crippen LogP contribution < -0.4 is 14.8 Å². The van der Waals surface area contributed by atoms with Crippen molar-refractivity contribution in [3.63, 3.8) is 0 Å². The third-order valence-corrected chi connectivity index (χ3v) is 6.14. The van der Waals surface area contributed by atoms with Crippen molar-refractivity contribution in [3.8, 4) is 11.5 Å². The van der Waals surface area contributed by atoms with Gasteiger partial charge < -0.3 is 19.5 Å². The lowest BCUT2D eigenvalue weighted by Gasteiger charge is -2.18. The van der Waals surface area contributed by atoms with E-state index < -0.39 is 6.10 Å². The van der Waals surface area contributed by atoms with Crippen LogP contribution in [-0.2, 0) is 22.4 Å². The first-order valence-corrected chi connectivity index (χ1v) is 10.7. The molecule has 3 rings (SSSR count). The highest BCUT2D eigenvalue weighted by Gasteiger charge is 2.30. The van der Waals surface area contributed by atoms with E-state index in [-0.39, 0.29) is 11.9 Å². The van der Waals surface area contributed by atoms with Crippen molar-refractivity contribution in [1.82, 2.24) is 0 Å². The summed E-state index contributed by atoms with van der Waals surface area (Å²) in [5.74, 6) is 1.17. The van der Waals surface area contributed by atoms with Crippen molar-refractivity contribution in [2.45, 2.75) is 46.1 Å². The molecule has 7 heteroatoms. The Morgan fingerprint density at radius 1 is 1.24 bits per heavy atom. The van der Waals surface area contributed by atoms with Crippen LogP contribution in [0, 0.1) is 5.92 Å². The zero-order valence-corrected chi connectivity index (χ0v) is 18.1. The molecule has 0 spiro atoms. The van der Waals surface area contributed by atoms with Gasteiger partial charge in [0.1, 0.15) is 16.5 Å². The molecule has 156 valence electrons. The number of hydrogen-bond acceptors (Lipinski definition) is 6. The quantitative estimate of drug-likeness (QED) is 0.673. The second-order valence-corrected chi connectivity index (χ2v) is 8.31. The Kier molecular flexibility index (Phi) is 6.79. The second kappa shape index (κ2) is 9.31. The molecular weight excluding hydrogens is 390 g/mol. The average molecular weight is 418 g/mol. The summed E-state index contributed by atoms with van der Waals surface area (Å²) in [7, 11) is 1.59. The Morgan fingerprint density at radius 3 is 2.59 bits per heavy atom. The van der Waals surface area contributed by atoms with Crippen LogP contribution in [-0.4, -0.2) is 31.7 Å². The fraction of sp³-hybridized carbons (Fsp3) is 0.455. The maximum atomic E-state index is 12.7. The Bertz CT molecular complexity index is 874. The maximum absolute atomic E-state index is 12.7. The first kappa shape index (κ1) is 21.2. The number of carbonyl (C=O) groups excluding carboxylic acids is 2. The molecule has 1 heterocycles. The number of rotatable bonds is 7.